The number of rotatable bonds is 8. The summed E-state index contributed by atoms with van der Waals surface area (Å²) in [6, 6.07) is 0. The second-order valence-electron chi connectivity index (χ2n) is 6.04. The van der Waals surface area contributed by atoms with E-state index in [9.17, 15) is 4.79 Å². The van der Waals surface area contributed by atoms with Gasteiger partial charge in [0.1, 0.15) is 5.82 Å². The van der Waals surface area contributed by atoms with Crippen LogP contribution in [0.5, 0.6) is 0 Å². The van der Waals surface area contributed by atoms with E-state index in [1.165, 1.54) is 6.42 Å². The molecule has 0 aliphatic carbocycles. The standard InChI is InChI=1S/C16H28N4O/c1-11(2)8-6-7-9-18-16(21)14-13(17-5)10-19-15(20-14)12(3)4/h10-12,17H,6-9H2,1-5H3,(H,18,21). The average molecular weight is 292 g/mol. The Labute approximate surface area is 128 Å². The van der Waals surface area contributed by atoms with Gasteiger partial charge in [-0.2, -0.15) is 0 Å². The molecule has 1 rings (SSSR count). The van der Waals surface area contributed by atoms with Crippen molar-refractivity contribution in [2.24, 2.45) is 5.92 Å². The van der Waals surface area contributed by atoms with Crippen LogP contribution in [0.25, 0.3) is 0 Å². The molecular formula is C16H28N4O. The number of carbonyl (C=O) groups is 1. The van der Waals surface area contributed by atoms with Gasteiger partial charge in [-0.3, -0.25) is 4.79 Å². The molecule has 118 valence electrons. The minimum absolute atomic E-state index is 0.131. The molecule has 0 unspecified atom stereocenters. The number of nitrogens with zero attached hydrogens (tertiary/aromatic N) is 2. The molecule has 1 heterocycles. The minimum Gasteiger partial charge on any atom is -0.385 e. The van der Waals surface area contributed by atoms with Crippen molar-refractivity contribution < 1.29 is 4.79 Å². The quantitative estimate of drug-likeness (QED) is 0.722. The summed E-state index contributed by atoms with van der Waals surface area (Å²) in [5.74, 6) is 1.48. The lowest BCUT2D eigenvalue weighted by Crippen LogP contribution is -2.27. The molecular weight excluding hydrogens is 264 g/mol. The Morgan fingerprint density at radius 2 is 1.95 bits per heavy atom. The predicted molar refractivity (Wildman–Crippen MR) is 86.7 cm³/mol. The van der Waals surface area contributed by atoms with Crippen LogP contribution < -0.4 is 10.6 Å². The lowest BCUT2D eigenvalue weighted by Gasteiger charge is -2.11. The van der Waals surface area contributed by atoms with Crippen molar-refractivity contribution in [3.05, 3.63) is 17.7 Å². The van der Waals surface area contributed by atoms with E-state index in [1.54, 1.807) is 13.2 Å². The Morgan fingerprint density at radius 3 is 2.52 bits per heavy atom. The van der Waals surface area contributed by atoms with Crippen molar-refractivity contribution in [3.8, 4) is 0 Å². The molecule has 0 spiro atoms. The van der Waals surface area contributed by atoms with Crippen LogP contribution in [0.4, 0.5) is 5.69 Å². The Bertz CT molecular complexity index is 458. The van der Waals surface area contributed by atoms with Gasteiger partial charge in [-0.1, -0.05) is 40.5 Å². The molecule has 1 aromatic heterocycles. The van der Waals surface area contributed by atoms with E-state index in [0.29, 0.717) is 29.7 Å². The van der Waals surface area contributed by atoms with Gasteiger partial charge in [-0.05, 0) is 12.3 Å². The summed E-state index contributed by atoms with van der Waals surface area (Å²) in [6.07, 6.45) is 5.01. The fraction of sp³-hybridized carbons (Fsp3) is 0.688. The predicted octanol–water partition coefficient (Wildman–Crippen LogP) is 3.20. The fourth-order valence-corrected chi connectivity index (χ4v) is 1.99. The van der Waals surface area contributed by atoms with Gasteiger partial charge in [0, 0.05) is 19.5 Å². The van der Waals surface area contributed by atoms with Crippen LogP contribution in [0.3, 0.4) is 0 Å². The molecule has 2 N–H and O–H groups in total. The Hall–Kier alpha value is -1.65. The molecule has 1 aromatic rings. The molecule has 0 fully saturated rings. The maximum Gasteiger partial charge on any atom is 0.272 e. The molecule has 1 amide bonds. The largest absolute Gasteiger partial charge is 0.385 e. The first-order valence-electron chi connectivity index (χ1n) is 7.78. The second-order valence-corrected chi connectivity index (χ2v) is 6.04. The molecule has 5 heteroatoms. The lowest BCUT2D eigenvalue weighted by molar-refractivity contribution is 0.0948. The zero-order valence-corrected chi connectivity index (χ0v) is 13.9. The van der Waals surface area contributed by atoms with Crippen molar-refractivity contribution in [2.75, 3.05) is 18.9 Å². The summed E-state index contributed by atoms with van der Waals surface area (Å²) < 4.78 is 0. The van der Waals surface area contributed by atoms with E-state index < -0.39 is 0 Å². The third-order valence-electron chi connectivity index (χ3n) is 3.30. The first-order valence-corrected chi connectivity index (χ1v) is 7.78. The maximum absolute atomic E-state index is 12.3. The normalized spacial score (nSPS) is 11.0. The van der Waals surface area contributed by atoms with Crippen LogP contribution in [0.15, 0.2) is 6.20 Å². The summed E-state index contributed by atoms with van der Waals surface area (Å²) in [5.41, 5.74) is 1.10. The number of aromatic nitrogens is 2. The molecule has 0 aliphatic heterocycles. The van der Waals surface area contributed by atoms with Crippen LogP contribution in [-0.2, 0) is 0 Å². The zero-order chi connectivity index (χ0) is 15.8. The van der Waals surface area contributed by atoms with E-state index in [-0.39, 0.29) is 11.8 Å². The van der Waals surface area contributed by atoms with Crippen molar-refractivity contribution >= 4 is 11.6 Å². The van der Waals surface area contributed by atoms with Crippen molar-refractivity contribution in [2.45, 2.75) is 52.9 Å². The Balaban J connectivity index is 2.61. The number of unbranched alkanes of at least 4 members (excludes halogenated alkanes) is 1. The highest BCUT2D eigenvalue weighted by atomic mass is 16.1. The molecule has 0 aromatic carbocycles. The summed E-state index contributed by atoms with van der Waals surface area (Å²) in [7, 11) is 1.77. The number of nitrogens with one attached hydrogen (secondary N) is 2. The fourth-order valence-electron chi connectivity index (χ4n) is 1.99. The van der Waals surface area contributed by atoms with Gasteiger partial charge in [-0.25, -0.2) is 9.97 Å². The summed E-state index contributed by atoms with van der Waals surface area (Å²) in [5, 5.41) is 5.92. The van der Waals surface area contributed by atoms with Gasteiger partial charge in [0.2, 0.25) is 0 Å². The molecule has 0 aliphatic rings. The van der Waals surface area contributed by atoms with Crippen LogP contribution in [0, 0.1) is 5.92 Å². The molecule has 0 radical (unpaired) electrons. The molecule has 0 saturated carbocycles. The topological polar surface area (TPSA) is 66.9 Å². The lowest BCUT2D eigenvalue weighted by atomic mass is 10.1. The number of carbonyl (C=O) groups excluding carboxylic acids is 1. The molecule has 0 saturated heterocycles. The van der Waals surface area contributed by atoms with Gasteiger partial charge in [-0.15, -0.1) is 0 Å². The van der Waals surface area contributed by atoms with Crippen LogP contribution >= 0.6 is 0 Å². The highest BCUT2D eigenvalue weighted by Gasteiger charge is 2.15. The Kier molecular flexibility index (Phi) is 7.12. The van der Waals surface area contributed by atoms with Crippen LogP contribution in [-0.4, -0.2) is 29.5 Å². The van der Waals surface area contributed by atoms with Crippen LogP contribution in [0.2, 0.25) is 0 Å². The van der Waals surface area contributed by atoms with E-state index >= 15 is 0 Å². The third kappa shape index (κ3) is 5.69. The number of hydrogen-bond acceptors (Lipinski definition) is 4. The zero-order valence-electron chi connectivity index (χ0n) is 13.9. The van der Waals surface area contributed by atoms with Crippen molar-refractivity contribution in [3.63, 3.8) is 0 Å². The van der Waals surface area contributed by atoms with Crippen molar-refractivity contribution in [1.29, 1.82) is 0 Å². The van der Waals surface area contributed by atoms with Crippen LogP contribution in [0.1, 0.15) is 69.2 Å². The summed E-state index contributed by atoms with van der Waals surface area (Å²) in [4.78, 5) is 20.9. The molecule has 0 bridgehead atoms. The van der Waals surface area contributed by atoms with Gasteiger partial charge < -0.3 is 10.6 Å². The first kappa shape index (κ1) is 17.4. The molecule has 5 nitrogen and oxygen atoms in total. The monoisotopic (exact) mass is 292 g/mol. The van der Waals surface area contributed by atoms with E-state index in [2.05, 4.69) is 34.4 Å². The SMILES string of the molecule is CNc1cnc(C(C)C)nc1C(=O)NCCCCC(C)C. The second kappa shape index (κ2) is 8.60. The van der Waals surface area contributed by atoms with Gasteiger partial charge in [0.05, 0.1) is 11.9 Å². The number of amides is 1. The van der Waals surface area contributed by atoms with Gasteiger partial charge in [0.25, 0.3) is 5.91 Å². The minimum atomic E-state index is -0.131. The van der Waals surface area contributed by atoms with Gasteiger partial charge in [0.15, 0.2) is 5.69 Å². The highest BCUT2D eigenvalue weighted by molar-refractivity contribution is 5.97. The smallest absolute Gasteiger partial charge is 0.272 e. The third-order valence-corrected chi connectivity index (χ3v) is 3.30. The van der Waals surface area contributed by atoms with Crippen molar-refractivity contribution in [1.82, 2.24) is 15.3 Å². The first-order chi connectivity index (χ1) is 9.95. The molecule has 0 atom stereocenters. The van der Waals surface area contributed by atoms with E-state index in [4.69, 9.17) is 0 Å². The van der Waals surface area contributed by atoms with Gasteiger partial charge >= 0.3 is 0 Å². The average Bonchev–Trinajstić information content (AvgIpc) is 2.45. The van der Waals surface area contributed by atoms with E-state index in [0.717, 1.165) is 12.8 Å². The summed E-state index contributed by atoms with van der Waals surface area (Å²) in [6.45, 7) is 9.15. The van der Waals surface area contributed by atoms with E-state index in [1.807, 2.05) is 13.8 Å². The molecule has 21 heavy (non-hydrogen) atoms. The number of anilines is 1. The highest BCUT2D eigenvalue weighted by Crippen LogP contribution is 2.15. The Morgan fingerprint density at radius 1 is 1.24 bits per heavy atom. The number of hydrogen-bond donors (Lipinski definition) is 2. The maximum atomic E-state index is 12.3. The summed E-state index contributed by atoms with van der Waals surface area (Å²) >= 11 is 0.